The lowest BCUT2D eigenvalue weighted by atomic mass is 10.1. The molecular weight excluding hydrogens is 272 g/mol. The molecule has 7 nitrogen and oxygen atoms in total. The smallest absolute Gasteiger partial charge is 0.311 e. The number of methoxy groups -OCH3 is 1. The van der Waals surface area contributed by atoms with Crippen LogP contribution in [-0.2, 0) is 13.0 Å². The molecule has 2 aromatic rings. The molecule has 0 fully saturated rings. The zero-order valence-electron chi connectivity index (χ0n) is 12.3. The first kappa shape index (κ1) is 14.8. The van der Waals surface area contributed by atoms with E-state index >= 15 is 0 Å². The van der Waals surface area contributed by atoms with E-state index in [-0.39, 0.29) is 11.4 Å². The molecule has 0 amide bonds. The van der Waals surface area contributed by atoms with Crippen LogP contribution >= 0.6 is 0 Å². The van der Waals surface area contributed by atoms with E-state index < -0.39 is 4.92 Å². The number of ether oxygens (including phenoxy) is 1. The number of nitrogens with one attached hydrogen (secondary N) is 2. The lowest BCUT2D eigenvalue weighted by Gasteiger charge is -2.07. The third-order valence-corrected chi connectivity index (χ3v) is 3.36. The predicted octanol–water partition coefficient (Wildman–Crippen LogP) is 2.81. The summed E-state index contributed by atoms with van der Waals surface area (Å²) in [5, 5.41) is 21.3. The van der Waals surface area contributed by atoms with E-state index in [0.717, 1.165) is 29.1 Å². The van der Waals surface area contributed by atoms with Gasteiger partial charge in [0.05, 0.1) is 12.0 Å². The molecule has 0 bridgehead atoms. The van der Waals surface area contributed by atoms with Crippen LogP contribution in [0.1, 0.15) is 23.7 Å². The monoisotopic (exact) mass is 290 g/mol. The number of aromatic nitrogens is 2. The Hall–Kier alpha value is -2.57. The third-order valence-electron chi connectivity index (χ3n) is 3.36. The van der Waals surface area contributed by atoms with Gasteiger partial charge in [-0.1, -0.05) is 13.0 Å². The van der Waals surface area contributed by atoms with Crippen molar-refractivity contribution in [2.24, 2.45) is 0 Å². The summed E-state index contributed by atoms with van der Waals surface area (Å²) in [7, 11) is 1.42. The first-order chi connectivity index (χ1) is 10.1. The number of nitro groups is 1. The van der Waals surface area contributed by atoms with E-state index in [1.165, 1.54) is 13.2 Å². The lowest BCUT2D eigenvalue weighted by Crippen LogP contribution is -2.02. The van der Waals surface area contributed by atoms with E-state index in [4.69, 9.17) is 4.74 Å². The Morgan fingerprint density at radius 1 is 1.48 bits per heavy atom. The second-order valence-electron chi connectivity index (χ2n) is 4.65. The average Bonchev–Trinajstić information content (AvgIpc) is 2.85. The van der Waals surface area contributed by atoms with Crippen LogP contribution in [0.2, 0.25) is 0 Å². The highest BCUT2D eigenvalue weighted by atomic mass is 16.6. The highest BCUT2D eigenvalue weighted by Crippen LogP contribution is 2.28. The van der Waals surface area contributed by atoms with Crippen molar-refractivity contribution in [2.45, 2.75) is 26.8 Å². The van der Waals surface area contributed by atoms with Crippen molar-refractivity contribution in [3.8, 4) is 5.75 Å². The number of rotatable bonds is 6. The Morgan fingerprint density at radius 3 is 2.81 bits per heavy atom. The molecule has 2 rings (SSSR count). The summed E-state index contributed by atoms with van der Waals surface area (Å²) in [6, 6.07) is 4.90. The minimum Gasteiger partial charge on any atom is -0.490 e. The van der Waals surface area contributed by atoms with Gasteiger partial charge in [-0.3, -0.25) is 15.2 Å². The Balaban J connectivity index is 2.14. The number of aryl methyl sites for hydroxylation is 1. The highest BCUT2D eigenvalue weighted by Gasteiger charge is 2.15. The number of nitrogens with zero attached hydrogens (tertiary/aromatic N) is 2. The number of hydrogen-bond donors (Lipinski definition) is 2. The molecular formula is C14H18N4O3. The Bertz CT molecular complexity index is 652. The standard InChI is InChI=1S/C14H18N4O3/c1-4-11-9(2)14(17-16-11)15-8-10-5-6-13(21-3)12(7-10)18(19)20/h5-7H,4,8H2,1-3H3,(H2,15,16,17). The van der Waals surface area contributed by atoms with E-state index in [2.05, 4.69) is 22.4 Å². The molecule has 0 radical (unpaired) electrons. The number of benzene rings is 1. The molecule has 7 heteroatoms. The van der Waals surface area contributed by atoms with Gasteiger partial charge in [0, 0.05) is 23.9 Å². The highest BCUT2D eigenvalue weighted by molar-refractivity contribution is 5.50. The summed E-state index contributed by atoms with van der Waals surface area (Å²) >= 11 is 0. The Kier molecular flexibility index (Phi) is 4.42. The zero-order valence-corrected chi connectivity index (χ0v) is 12.3. The van der Waals surface area contributed by atoms with Gasteiger partial charge in [-0.15, -0.1) is 0 Å². The van der Waals surface area contributed by atoms with Gasteiger partial charge in [-0.05, 0) is 25.0 Å². The van der Waals surface area contributed by atoms with E-state index in [1.54, 1.807) is 12.1 Å². The van der Waals surface area contributed by atoms with Gasteiger partial charge in [-0.25, -0.2) is 0 Å². The molecule has 21 heavy (non-hydrogen) atoms. The van der Waals surface area contributed by atoms with E-state index in [1.807, 2.05) is 6.92 Å². The second-order valence-corrected chi connectivity index (χ2v) is 4.65. The number of H-pyrrole nitrogens is 1. The third kappa shape index (κ3) is 3.13. The van der Waals surface area contributed by atoms with Crippen molar-refractivity contribution in [1.29, 1.82) is 0 Å². The van der Waals surface area contributed by atoms with Crippen molar-refractivity contribution in [1.82, 2.24) is 10.2 Å². The van der Waals surface area contributed by atoms with Crippen LogP contribution in [0, 0.1) is 17.0 Å². The molecule has 2 N–H and O–H groups in total. The van der Waals surface area contributed by atoms with Gasteiger partial charge >= 0.3 is 5.69 Å². The summed E-state index contributed by atoms with van der Waals surface area (Å²) in [5.41, 5.74) is 2.91. The van der Waals surface area contributed by atoms with E-state index in [0.29, 0.717) is 6.54 Å². The topological polar surface area (TPSA) is 93.1 Å². The fourth-order valence-corrected chi connectivity index (χ4v) is 2.12. The minimum atomic E-state index is -0.447. The maximum absolute atomic E-state index is 11.0. The number of nitro benzene ring substituents is 1. The number of anilines is 1. The summed E-state index contributed by atoms with van der Waals surface area (Å²) in [6.45, 7) is 4.50. The summed E-state index contributed by atoms with van der Waals surface area (Å²) in [6.07, 6.45) is 0.883. The first-order valence-corrected chi connectivity index (χ1v) is 6.65. The maximum atomic E-state index is 11.0. The lowest BCUT2D eigenvalue weighted by molar-refractivity contribution is -0.385. The molecule has 0 aliphatic rings. The molecule has 0 saturated heterocycles. The van der Waals surface area contributed by atoms with Crippen molar-refractivity contribution in [2.75, 3.05) is 12.4 Å². The molecule has 0 unspecified atom stereocenters. The van der Waals surface area contributed by atoms with Crippen LogP contribution in [0.15, 0.2) is 18.2 Å². The van der Waals surface area contributed by atoms with Gasteiger partial charge in [0.15, 0.2) is 11.6 Å². The van der Waals surface area contributed by atoms with Crippen LogP contribution in [0.25, 0.3) is 0 Å². The van der Waals surface area contributed by atoms with Gasteiger partial charge < -0.3 is 10.1 Å². The van der Waals surface area contributed by atoms with Gasteiger partial charge in [0.2, 0.25) is 0 Å². The average molecular weight is 290 g/mol. The summed E-state index contributed by atoms with van der Waals surface area (Å²) in [5.74, 6) is 1.03. The molecule has 1 aromatic heterocycles. The molecule has 1 heterocycles. The molecule has 0 atom stereocenters. The number of aromatic amines is 1. The second kappa shape index (κ2) is 6.25. The van der Waals surface area contributed by atoms with Crippen LogP contribution < -0.4 is 10.1 Å². The minimum absolute atomic E-state index is 0.0372. The molecule has 0 spiro atoms. The van der Waals surface area contributed by atoms with Gasteiger partial charge in [0.1, 0.15) is 0 Å². The van der Waals surface area contributed by atoms with Crippen LogP contribution in [-0.4, -0.2) is 22.2 Å². The quantitative estimate of drug-likeness (QED) is 0.630. The summed E-state index contributed by atoms with van der Waals surface area (Å²) in [4.78, 5) is 10.5. The molecule has 0 aliphatic carbocycles. The van der Waals surface area contributed by atoms with Crippen molar-refractivity contribution >= 4 is 11.5 Å². The Morgan fingerprint density at radius 2 is 2.24 bits per heavy atom. The van der Waals surface area contributed by atoms with Gasteiger partial charge in [-0.2, -0.15) is 5.10 Å². The normalized spacial score (nSPS) is 10.4. The SMILES string of the molecule is CCc1[nH]nc(NCc2ccc(OC)c([N+](=O)[O-])c2)c1C. The summed E-state index contributed by atoms with van der Waals surface area (Å²) < 4.78 is 4.98. The first-order valence-electron chi connectivity index (χ1n) is 6.65. The maximum Gasteiger partial charge on any atom is 0.311 e. The van der Waals surface area contributed by atoms with E-state index in [9.17, 15) is 10.1 Å². The largest absolute Gasteiger partial charge is 0.490 e. The van der Waals surface area contributed by atoms with Crippen molar-refractivity contribution in [3.63, 3.8) is 0 Å². The fraction of sp³-hybridized carbons (Fsp3) is 0.357. The van der Waals surface area contributed by atoms with Crippen molar-refractivity contribution < 1.29 is 9.66 Å². The zero-order chi connectivity index (χ0) is 15.4. The van der Waals surface area contributed by atoms with Gasteiger partial charge in [0.25, 0.3) is 0 Å². The molecule has 112 valence electrons. The van der Waals surface area contributed by atoms with Crippen molar-refractivity contribution in [3.05, 3.63) is 45.1 Å². The van der Waals surface area contributed by atoms with Crippen LogP contribution in [0.3, 0.4) is 0 Å². The fourth-order valence-electron chi connectivity index (χ4n) is 2.12. The molecule has 0 saturated carbocycles. The number of hydrogen-bond acceptors (Lipinski definition) is 5. The van der Waals surface area contributed by atoms with Crippen LogP contribution in [0.4, 0.5) is 11.5 Å². The molecule has 0 aliphatic heterocycles. The molecule has 1 aromatic carbocycles. The Labute approximate surface area is 122 Å². The van der Waals surface area contributed by atoms with Crippen LogP contribution in [0.5, 0.6) is 5.75 Å². The predicted molar refractivity (Wildman–Crippen MR) is 79.7 cm³/mol.